The highest BCUT2D eigenvalue weighted by molar-refractivity contribution is 6.32. The van der Waals surface area contributed by atoms with Crippen molar-refractivity contribution in [1.29, 1.82) is 5.26 Å². The molecule has 3 rings (SSSR count). The number of anilines is 2. The summed E-state index contributed by atoms with van der Waals surface area (Å²) in [5.74, 6) is -0.815. The minimum Gasteiger partial charge on any atom is -0.335 e. The number of hydrogen-bond donors (Lipinski definition) is 1. The third-order valence-corrected chi connectivity index (χ3v) is 4.56. The van der Waals surface area contributed by atoms with E-state index < -0.39 is 41.6 Å². The van der Waals surface area contributed by atoms with Crippen LogP contribution in [0.1, 0.15) is 5.56 Å². The number of carbonyl (C=O) groups excluding carboxylic acids is 1. The van der Waals surface area contributed by atoms with Gasteiger partial charge in [-0.1, -0.05) is 11.6 Å². The second-order valence-electron chi connectivity index (χ2n) is 6.24. The average molecular weight is 441 g/mol. The number of amides is 1. The molecular weight excluding hydrogens is 429 g/mol. The molecule has 0 spiro atoms. The van der Waals surface area contributed by atoms with Crippen molar-refractivity contribution in [1.82, 2.24) is 0 Å². The van der Waals surface area contributed by atoms with Crippen LogP contribution >= 0.6 is 11.6 Å². The van der Waals surface area contributed by atoms with E-state index in [2.05, 4.69) is 5.32 Å². The maximum absolute atomic E-state index is 13.5. The van der Waals surface area contributed by atoms with E-state index in [4.69, 9.17) is 21.6 Å². The van der Waals surface area contributed by atoms with Gasteiger partial charge in [0.25, 0.3) is 11.6 Å². The molecule has 0 aromatic heterocycles. The van der Waals surface area contributed by atoms with Gasteiger partial charge < -0.3 is 15.0 Å². The summed E-state index contributed by atoms with van der Waals surface area (Å²) in [6, 6.07) is 10.7. The molecule has 1 fully saturated rings. The number of nitrogens with zero attached hydrogens (tertiary/aromatic N) is 3. The van der Waals surface area contributed by atoms with Crippen molar-refractivity contribution >= 4 is 34.6 Å². The third-order valence-electron chi connectivity index (χ3n) is 4.25. The van der Waals surface area contributed by atoms with Crippen LogP contribution < -0.4 is 10.2 Å². The summed E-state index contributed by atoms with van der Waals surface area (Å²) in [7, 11) is 0. The average Bonchev–Trinajstić information content (AvgIpc) is 3.14. The van der Waals surface area contributed by atoms with E-state index in [1.165, 1.54) is 24.3 Å². The molecule has 1 saturated heterocycles. The molecular formula is C18H12ClF3N4O4. The Morgan fingerprint density at radius 2 is 1.97 bits per heavy atom. The zero-order valence-corrected chi connectivity index (χ0v) is 15.6. The molecule has 1 amide bonds. The summed E-state index contributed by atoms with van der Waals surface area (Å²) in [6.45, 7) is -0.458. The van der Waals surface area contributed by atoms with Crippen LogP contribution in [0.15, 0.2) is 42.5 Å². The number of halogens is 4. The molecule has 1 aliphatic heterocycles. The molecule has 1 aliphatic rings. The number of nitriles is 1. The van der Waals surface area contributed by atoms with Crippen molar-refractivity contribution in [3.8, 4) is 6.07 Å². The van der Waals surface area contributed by atoms with Crippen molar-refractivity contribution in [3.63, 3.8) is 0 Å². The van der Waals surface area contributed by atoms with E-state index in [0.29, 0.717) is 5.56 Å². The van der Waals surface area contributed by atoms with Gasteiger partial charge in [0.1, 0.15) is 5.02 Å². The molecule has 0 bridgehead atoms. The van der Waals surface area contributed by atoms with E-state index in [1.807, 2.05) is 6.07 Å². The fourth-order valence-corrected chi connectivity index (χ4v) is 3.10. The van der Waals surface area contributed by atoms with E-state index in [-0.39, 0.29) is 16.4 Å². The van der Waals surface area contributed by atoms with Gasteiger partial charge in [-0.15, -0.1) is 0 Å². The summed E-state index contributed by atoms with van der Waals surface area (Å²) >= 11 is 5.80. The van der Waals surface area contributed by atoms with E-state index in [9.17, 15) is 28.1 Å². The molecule has 12 heteroatoms. The Balaban J connectivity index is 1.82. The van der Waals surface area contributed by atoms with E-state index >= 15 is 0 Å². The SMILES string of the molecule is N#Cc1ccc(NC(=O)[C@@H]2CN(c3ccc([N+](=O)[O-])c(Cl)c3)[C@@H](C(F)(F)F)O2)cc1. The van der Waals surface area contributed by atoms with Crippen molar-refractivity contribution in [2.24, 2.45) is 0 Å². The number of ether oxygens (including phenoxy) is 1. The predicted molar refractivity (Wildman–Crippen MR) is 100.0 cm³/mol. The molecule has 156 valence electrons. The zero-order valence-electron chi connectivity index (χ0n) is 14.9. The maximum Gasteiger partial charge on any atom is 0.433 e. The van der Waals surface area contributed by atoms with Crippen LogP contribution in [0.3, 0.4) is 0 Å². The third kappa shape index (κ3) is 4.45. The van der Waals surface area contributed by atoms with Gasteiger partial charge in [-0.3, -0.25) is 14.9 Å². The largest absolute Gasteiger partial charge is 0.433 e. The molecule has 0 saturated carbocycles. The van der Waals surface area contributed by atoms with Crippen LogP contribution in [0.4, 0.5) is 30.2 Å². The lowest BCUT2D eigenvalue weighted by Gasteiger charge is -2.26. The lowest BCUT2D eigenvalue weighted by molar-refractivity contribution is -0.384. The van der Waals surface area contributed by atoms with Crippen molar-refractivity contribution in [3.05, 3.63) is 63.2 Å². The number of benzene rings is 2. The first kappa shape index (κ1) is 21.4. The molecule has 30 heavy (non-hydrogen) atoms. The Kier molecular flexibility index (Phi) is 5.82. The number of hydrogen-bond acceptors (Lipinski definition) is 6. The van der Waals surface area contributed by atoms with Gasteiger partial charge in [-0.2, -0.15) is 18.4 Å². The predicted octanol–water partition coefficient (Wildman–Crippen LogP) is 3.85. The van der Waals surface area contributed by atoms with Gasteiger partial charge in [0.05, 0.1) is 23.1 Å². The van der Waals surface area contributed by atoms with Crippen molar-refractivity contribution < 1.29 is 27.6 Å². The minimum absolute atomic E-state index is 0.0819. The van der Waals surface area contributed by atoms with Crippen LogP contribution in [-0.4, -0.2) is 35.9 Å². The highest BCUT2D eigenvalue weighted by Gasteiger charge is 2.52. The van der Waals surface area contributed by atoms with Gasteiger partial charge in [-0.05, 0) is 36.4 Å². The fourth-order valence-electron chi connectivity index (χ4n) is 2.86. The standard InChI is InChI=1S/C18H12ClF3N4O4/c19-13-7-12(5-6-14(13)26(28)29)25-9-15(30-17(25)18(20,21)22)16(27)24-11-3-1-10(8-23)2-4-11/h1-7,15,17H,9H2,(H,24,27)/t15-,17+/m0/s1. The van der Waals surface area contributed by atoms with Crippen LogP contribution in [0.25, 0.3) is 0 Å². The molecule has 0 unspecified atom stereocenters. The second-order valence-corrected chi connectivity index (χ2v) is 6.65. The second kappa shape index (κ2) is 8.17. The zero-order chi connectivity index (χ0) is 22.1. The molecule has 1 heterocycles. The smallest absolute Gasteiger partial charge is 0.335 e. The Morgan fingerprint density at radius 3 is 2.50 bits per heavy atom. The normalized spacial score (nSPS) is 18.7. The maximum atomic E-state index is 13.5. The van der Waals surface area contributed by atoms with Gasteiger partial charge in [-0.25, -0.2) is 0 Å². The molecule has 0 radical (unpaired) electrons. The fraction of sp³-hybridized carbons (Fsp3) is 0.222. The summed E-state index contributed by atoms with van der Waals surface area (Å²) < 4.78 is 45.4. The Labute approximate surface area is 172 Å². The first-order chi connectivity index (χ1) is 14.1. The van der Waals surface area contributed by atoms with E-state index in [1.54, 1.807) is 0 Å². The lowest BCUT2D eigenvalue weighted by atomic mass is 10.2. The number of carbonyl (C=O) groups is 1. The molecule has 2 aromatic carbocycles. The first-order valence-electron chi connectivity index (χ1n) is 8.34. The van der Waals surface area contributed by atoms with Gasteiger partial charge in [0.2, 0.25) is 6.23 Å². The van der Waals surface area contributed by atoms with Crippen molar-refractivity contribution in [2.45, 2.75) is 18.5 Å². The number of nitro benzene ring substituents is 1. The van der Waals surface area contributed by atoms with Gasteiger partial charge in [0, 0.05) is 17.4 Å². The first-order valence-corrected chi connectivity index (χ1v) is 8.71. The quantitative estimate of drug-likeness (QED) is 0.571. The lowest BCUT2D eigenvalue weighted by Crippen LogP contribution is -2.42. The Bertz CT molecular complexity index is 1020. The summed E-state index contributed by atoms with van der Waals surface area (Å²) in [5, 5.41) is 21.7. The number of nitrogens with one attached hydrogen (secondary N) is 1. The Hall–Kier alpha value is -3.36. The minimum atomic E-state index is -4.84. The van der Waals surface area contributed by atoms with Crippen molar-refractivity contribution in [2.75, 3.05) is 16.8 Å². The highest BCUT2D eigenvalue weighted by Crippen LogP contribution is 2.37. The van der Waals surface area contributed by atoms with Crippen LogP contribution in [0.2, 0.25) is 5.02 Å². The van der Waals surface area contributed by atoms with E-state index in [0.717, 1.165) is 23.1 Å². The summed E-state index contributed by atoms with van der Waals surface area (Å²) in [4.78, 5) is 23.3. The van der Waals surface area contributed by atoms with Crippen LogP contribution in [0, 0.1) is 21.4 Å². The summed E-state index contributed by atoms with van der Waals surface area (Å²) in [6.07, 6.45) is -8.74. The molecule has 8 nitrogen and oxygen atoms in total. The monoisotopic (exact) mass is 440 g/mol. The number of rotatable bonds is 4. The summed E-state index contributed by atoms with van der Waals surface area (Å²) in [5.41, 5.74) is 0.0901. The molecule has 2 aromatic rings. The number of nitro groups is 1. The molecule has 2 atom stereocenters. The highest BCUT2D eigenvalue weighted by atomic mass is 35.5. The topological polar surface area (TPSA) is 109 Å². The molecule has 1 N–H and O–H groups in total. The Morgan fingerprint density at radius 1 is 1.30 bits per heavy atom. The van der Waals surface area contributed by atoms with Gasteiger partial charge in [0.15, 0.2) is 6.10 Å². The number of alkyl halides is 3. The van der Waals surface area contributed by atoms with Crippen LogP contribution in [0.5, 0.6) is 0 Å². The van der Waals surface area contributed by atoms with Gasteiger partial charge >= 0.3 is 6.18 Å². The molecule has 0 aliphatic carbocycles. The van der Waals surface area contributed by atoms with Crippen LogP contribution in [-0.2, 0) is 9.53 Å².